The quantitative estimate of drug-likeness (QED) is 0.797. The molecule has 3 nitrogen and oxygen atoms in total. The van der Waals surface area contributed by atoms with Crippen molar-refractivity contribution >= 4 is 23.4 Å². The van der Waals surface area contributed by atoms with Gasteiger partial charge in [-0.05, 0) is 56.7 Å². The van der Waals surface area contributed by atoms with E-state index in [-0.39, 0.29) is 5.91 Å². The lowest BCUT2D eigenvalue weighted by atomic mass is 10.1. The number of amides is 1. The normalized spacial score (nSPS) is 10.7. The van der Waals surface area contributed by atoms with Gasteiger partial charge >= 0.3 is 0 Å². The molecule has 0 atom stereocenters. The van der Waals surface area contributed by atoms with Crippen molar-refractivity contribution < 1.29 is 4.79 Å². The summed E-state index contributed by atoms with van der Waals surface area (Å²) in [4.78, 5) is 14.2. The predicted octanol–water partition coefficient (Wildman–Crippen LogP) is 4.49. The molecule has 0 aromatic heterocycles. The molecule has 23 heavy (non-hydrogen) atoms. The Bertz CT molecular complexity index is 653. The van der Waals surface area contributed by atoms with Gasteiger partial charge in [-0.15, -0.1) is 0 Å². The van der Waals surface area contributed by atoms with Gasteiger partial charge in [0.1, 0.15) is 0 Å². The lowest BCUT2D eigenvalue weighted by molar-refractivity contribution is -0.111. The van der Waals surface area contributed by atoms with E-state index in [1.165, 1.54) is 11.3 Å². The number of hydrogen-bond donors (Lipinski definition) is 1. The third-order valence-electron chi connectivity index (χ3n) is 3.77. The molecule has 0 saturated carbocycles. The molecule has 0 aliphatic heterocycles. The summed E-state index contributed by atoms with van der Waals surface area (Å²) in [5.74, 6) is -0.124. The summed E-state index contributed by atoms with van der Waals surface area (Å²) < 4.78 is 0. The zero-order valence-electron chi connectivity index (χ0n) is 14.0. The highest BCUT2D eigenvalue weighted by Crippen LogP contribution is 2.17. The maximum absolute atomic E-state index is 12.0. The molecular weight excluding hydrogens is 284 g/mol. The number of carbonyl (C=O) groups is 1. The Labute approximate surface area is 138 Å². The van der Waals surface area contributed by atoms with Crippen LogP contribution in [0.2, 0.25) is 0 Å². The number of hydrogen-bond acceptors (Lipinski definition) is 2. The Balaban J connectivity index is 1.96. The highest BCUT2D eigenvalue weighted by Gasteiger charge is 2.02. The van der Waals surface area contributed by atoms with E-state index < -0.39 is 0 Å². The van der Waals surface area contributed by atoms with Gasteiger partial charge in [-0.1, -0.05) is 29.8 Å². The number of rotatable bonds is 6. The monoisotopic (exact) mass is 308 g/mol. The average molecular weight is 308 g/mol. The van der Waals surface area contributed by atoms with E-state index in [9.17, 15) is 4.79 Å². The summed E-state index contributed by atoms with van der Waals surface area (Å²) in [6.45, 7) is 8.26. The van der Waals surface area contributed by atoms with E-state index in [1.807, 2.05) is 61.5 Å². The third-order valence-corrected chi connectivity index (χ3v) is 3.77. The molecular formula is C20H24N2O. The topological polar surface area (TPSA) is 32.3 Å². The Morgan fingerprint density at radius 1 is 1.00 bits per heavy atom. The van der Waals surface area contributed by atoms with Crippen LogP contribution in [0.1, 0.15) is 25.0 Å². The maximum atomic E-state index is 12.0. The van der Waals surface area contributed by atoms with E-state index >= 15 is 0 Å². The van der Waals surface area contributed by atoms with Gasteiger partial charge in [0.25, 0.3) is 0 Å². The molecule has 2 aromatic rings. The van der Waals surface area contributed by atoms with Crippen molar-refractivity contribution in [3.63, 3.8) is 0 Å². The van der Waals surface area contributed by atoms with E-state index in [2.05, 4.69) is 24.1 Å². The molecule has 0 fully saturated rings. The first-order valence-corrected chi connectivity index (χ1v) is 8.03. The summed E-state index contributed by atoms with van der Waals surface area (Å²) in [7, 11) is 0. The largest absolute Gasteiger partial charge is 0.372 e. The van der Waals surface area contributed by atoms with Gasteiger partial charge in [-0.3, -0.25) is 4.79 Å². The summed E-state index contributed by atoms with van der Waals surface area (Å²) in [6.07, 6.45) is 3.38. The van der Waals surface area contributed by atoms with Crippen LogP contribution in [0, 0.1) is 6.92 Å². The van der Waals surface area contributed by atoms with Crippen LogP contribution >= 0.6 is 0 Å². The van der Waals surface area contributed by atoms with Crippen LogP contribution in [0.15, 0.2) is 54.6 Å². The Morgan fingerprint density at radius 2 is 1.61 bits per heavy atom. The van der Waals surface area contributed by atoms with Crippen molar-refractivity contribution in [2.75, 3.05) is 23.3 Å². The number of aryl methyl sites for hydroxylation is 1. The van der Waals surface area contributed by atoms with Gasteiger partial charge in [-0.25, -0.2) is 0 Å². The van der Waals surface area contributed by atoms with Crippen molar-refractivity contribution in [3.05, 3.63) is 65.7 Å². The molecule has 1 amide bonds. The first-order valence-electron chi connectivity index (χ1n) is 8.03. The van der Waals surface area contributed by atoms with Gasteiger partial charge in [-0.2, -0.15) is 0 Å². The minimum absolute atomic E-state index is 0.124. The summed E-state index contributed by atoms with van der Waals surface area (Å²) in [5.41, 5.74) is 4.20. The highest BCUT2D eigenvalue weighted by atomic mass is 16.1. The fraction of sp³-hybridized carbons (Fsp3) is 0.250. The number of benzene rings is 2. The summed E-state index contributed by atoms with van der Waals surface area (Å²) in [5, 5.41) is 2.88. The smallest absolute Gasteiger partial charge is 0.248 e. The van der Waals surface area contributed by atoms with E-state index in [4.69, 9.17) is 0 Å². The average Bonchev–Trinajstić information content (AvgIpc) is 2.57. The number of carbonyl (C=O) groups excluding carboxylic acids is 1. The van der Waals surface area contributed by atoms with E-state index in [0.717, 1.165) is 24.3 Å². The minimum atomic E-state index is -0.124. The molecule has 0 saturated heterocycles. The molecule has 0 radical (unpaired) electrons. The van der Waals surface area contributed by atoms with Gasteiger partial charge in [0, 0.05) is 30.5 Å². The zero-order valence-corrected chi connectivity index (χ0v) is 14.0. The second kappa shape index (κ2) is 8.18. The van der Waals surface area contributed by atoms with Gasteiger partial charge in [0.15, 0.2) is 0 Å². The number of nitrogens with one attached hydrogen (secondary N) is 1. The number of nitrogens with zero attached hydrogens (tertiary/aromatic N) is 1. The maximum Gasteiger partial charge on any atom is 0.248 e. The van der Waals surface area contributed by atoms with Crippen molar-refractivity contribution in [2.24, 2.45) is 0 Å². The lowest BCUT2D eigenvalue weighted by Crippen LogP contribution is -2.21. The van der Waals surface area contributed by atoms with Gasteiger partial charge in [0.05, 0.1) is 0 Å². The molecule has 2 rings (SSSR count). The van der Waals surface area contributed by atoms with Gasteiger partial charge < -0.3 is 10.2 Å². The molecule has 0 aliphatic carbocycles. The molecule has 0 unspecified atom stereocenters. The lowest BCUT2D eigenvalue weighted by Gasteiger charge is -2.21. The number of anilines is 2. The fourth-order valence-corrected chi connectivity index (χ4v) is 2.38. The fourth-order valence-electron chi connectivity index (χ4n) is 2.38. The second-order valence-corrected chi connectivity index (χ2v) is 5.45. The van der Waals surface area contributed by atoms with Crippen LogP contribution in [0.25, 0.3) is 6.08 Å². The summed E-state index contributed by atoms with van der Waals surface area (Å²) >= 11 is 0. The van der Waals surface area contributed by atoms with Crippen LogP contribution in [0.5, 0.6) is 0 Å². The zero-order chi connectivity index (χ0) is 16.7. The molecule has 0 spiro atoms. The van der Waals surface area contributed by atoms with Gasteiger partial charge in [0.2, 0.25) is 5.91 Å². The molecule has 2 aromatic carbocycles. The first kappa shape index (κ1) is 16.8. The Kier molecular flexibility index (Phi) is 5.98. The second-order valence-electron chi connectivity index (χ2n) is 5.45. The standard InChI is InChI=1S/C20H24N2O/c1-4-22(5-2)19-13-11-18(12-14-19)21-20(23)15-10-17-8-6-16(3)7-9-17/h6-15H,4-5H2,1-3H3,(H,21,23)/b15-10+. The van der Waals surface area contributed by atoms with Crippen molar-refractivity contribution in [2.45, 2.75) is 20.8 Å². The Hall–Kier alpha value is -2.55. The molecule has 120 valence electrons. The van der Waals surface area contributed by atoms with Crippen molar-refractivity contribution in [1.29, 1.82) is 0 Å². The molecule has 1 N–H and O–H groups in total. The molecule has 0 bridgehead atoms. The van der Waals surface area contributed by atoms with Crippen LogP contribution in [0.3, 0.4) is 0 Å². The molecule has 0 aliphatic rings. The van der Waals surface area contributed by atoms with Crippen molar-refractivity contribution in [1.82, 2.24) is 0 Å². The van der Waals surface area contributed by atoms with Crippen LogP contribution in [-0.4, -0.2) is 19.0 Å². The van der Waals surface area contributed by atoms with Crippen LogP contribution < -0.4 is 10.2 Å². The Morgan fingerprint density at radius 3 is 2.17 bits per heavy atom. The predicted molar refractivity (Wildman–Crippen MR) is 98.8 cm³/mol. The van der Waals surface area contributed by atoms with Crippen LogP contribution in [0.4, 0.5) is 11.4 Å². The van der Waals surface area contributed by atoms with Crippen molar-refractivity contribution in [3.8, 4) is 0 Å². The third kappa shape index (κ3) is 4.99. The minimum Gasteiger partial charge on any atom is -0.372 e. The summed E-state index contributed by atoms with van der Waals surface area (Å²) in [6, 6.07) is 16.0. The first-order chi connectivity index (χ1) is 11.1. The SMILES string of the molecule is CCN(CC)c1ccc(NC(=O)/C=C/c2ccc(C)cc2)cc1. The molecule has 0 heterocycles. The van der Waals surface area contributed by atoms with Crippen LogP contribution in [-0.2, 0) is 4.79 Å². The van der Waals surface area contributed by atoms with E-state index in [0.29, 0.717) is 0 Å². The highest BCUT2D eigenvalue weighted by molar-refractivity contribution is 6.02. The van der Waals surface area contributed by atoms with E-state index in [1.54, 1.807) is 6.08 Å². The molecule has 3 heteroatoms.